The van der Waals surface area contributed by atoms with Crippen molar-refractivity contribution in [3.05, 3.63) is 34.6 Å². The number of hydrogen-bond donors (Lipinski definition) is 0. The number of rotatable bonds is 5. The molecule has 2 rings (SSSR count). The molecule has 0 saturated heterocycles. The summed E-state index contributed by atoms with van der Waals surface area (Å²) < 4.78 is 12.6. The molecule has 0 unspecified atom stereocenters. The number of aromatic nitrogens is 3. The largest absolute Gasteiger partial charge is 0.493 e. The van der Waals surface area contributed by atoms with Crippen molar-refractivity contribution in [1.82, 2.24) is 15.0 Å². The number of benzene rings is 1. The highest BCUT2D eigenvalue weighted by atomic mass is 79.9. The molecular weight excluding hydrogens is 334 g/mol. The highest BCUT2D eigenvalue weighted by molar-refractivity contribution is 9.08. The first-order valence-corrected chi connectivity index (χ1v) is 7.04. The number of ether oxygens (including phenoxy) is 2. The van der Waals surface area contributed by atoms with E-state index in [4.69, 9.17) is 21.1 Å². The van der Waals surface area contributed by atoms with E-state index in [-0.39, 0.29) is 6.61 Å². The van der Waals surface area contributed by atoms with Crippen molar-refractivity contribution in [2.75, 3.05) is 7.11 Å². The molecule has 5 nitrogen and oxygen atoms in total. The van der Waals surface area contributed by atoms with Crippen molar-refractivity contribution in [3.8, 4) is 11.5 Å². The smallest absolute Gasteiger partial charge is 0.180 e. The van der Waals surface area contributed by atoms with Gasteiger partial charge in [0.2, 0.25) is 0 Å². The van der Waals surface area contributed by atoms with Crippen LogP contribution in [0.3, 0.4) is 0 Å². The Hall–Kier alpha value is -1.27. The van der Waals surface area contributed by atoms with Gasteiger partial charge >= 0.3 is 0 Å². The molecule has 0 amide bonds. The molecule has 0 aliphatic carbocycles. The summed E-state index contributed by atoms with van der Waals surface area (Å²) in [5.74, 6) is 1.12. The summed E-state index contributed by atoms with van der Waals surface area (Å²) in [6.45, 7) is 0.289. The van der Waals surface area contributed by atoms with Gasteiger partial charge in [-0.1, -0.05) is 32.7 Å². The summed E-state index contributed by atoms with van der Waals surface area (Å²) in [7, 11) is 3.38. The Balaban J connectivity index is 2.19. The lowest BCUT2D eigenvalue weighted by Gasteiger charge is -2.12. The minimum atomic E-state index is 0.289. The van der Waals surface area contributed by atoms with Gasteiger partial charge in [0, 0.05) is 12.4 Å². The summed E-state index contributed by atoms with van der Waals surface area (Å²) >= 11 is 9.58. The zero-order chi connectivity index (χ0) is 13.8. The Bertz CT molecular complexity index is 574. The molecule has 0 aliphatic rings. The zero-order valence-electron chi connectivity index (χ0n) is 10.6. The molecule has 0 radical (unpaired) electrons. The van der Waals surface area contributed by atoms with Crippen molar-refractivity contribution in [1.29, 1.82) is 0 Å². The first-order valence-electron chi connectivity index (χ1n) is 5.54. The summed E-state index contributed by atoms with van der Waals surface area (Å²) in [5, 5.41) is 9.00. The second-order valence-electron chi connectivity index (χ2n) is 3.91. The van der Waals surface area contributed by atoms with Crippen molar-refractivity contribution < 1.29 is 9.47 Å². The van der Waals surface area contributed by atoms with Crippen LogP contribution >= 0.6 is 27.5 Å². The van der Waals surface area contributed by atoms with Crippen LogP contribution in [0.1, 0.15) is 11.3 Å². The van der Waals surface area contributed by atoms with E-state index in [0.717, 1.165) is 11.3 Å². The van der Waals surface area contributed by atoms with E-state index in [2.05, 4.69) is 26.2 Å². The lowest BCUT2D eigenvalue weighted by atomic mass is 10.2. The molecule has 0 spiro atoms. The zero-order valence-corrected chi connectivity index (χ0v) is 12.9. The molecule has 7 heteroatoms. The maximum atomic E-state index is 6.20. The molecule has 1 aromatic carbocycles. The first-order chi connectivity index (χ1) is 9.13. The van der Waals surface area contributed by atoms with Crippen LogP contribution in [0, 0.1) is 0 Å². The van der Waals surface area contributed by atoms with Crippen molar-refractivity contribution in [2.24, 2.45) is 7.05 Å². The lowest BCUT2D eigenvalue weighted by molar-refractivity contribution is 0.280. The molecule has 0 saturated carbocycles. The van der Waals surface area contributed by atoms with E-state index in [9.17, 15) is 0 Å². The van der Waals surface area contributed by atoms with E-state index < -0.39 is 0 Å². The summed E-state index contributed by atoms with van der Waals surface area (Å²) in [6, 6.07) is 3.72. The molecule has 1 aromatic heterocycles. The second kappa shape index (κ2) is 6.25. The summed E-state index contributed by atoms with van der Waals surface area (Å²) in [5.41, 5.74) is 1.75. The molecule has 0 bridgehead atoms. The van der Waals surface area contributed by atoms with Gasteiger partial charge in [-0.05, 0) is 17.7 Å². The predicted molar refractivity (Wildman–Crippen MR) is 76.0 cm³/mol. The van der Waals surface area contributed by atoms with E-state index in [1.807, 2.05) is 12.1 Å². The van der Waals surface area contributed by atoms with Gasteiger partial charge in [0.25, 0.3) is 0 Å². The highest BCUT2D eigenvalue weighted by Gasteiger charge is 2.12. The maximum absolute atomic E-state index is 6.20. The Morgan fingerprint density at radius 3 is 2.79 bits per heavy atom. The van der Waals surface area contributed by atoms with E-state index >= 15 is 0 Å². The van der Waals surface area contributed by atoms with Gasteiger partial charge in [0.1, 0.15) is 12.3 Å². The van der Waals surface area contributed by atoms with Gasteiger partial charge in [-0.25, -0.2) is 0 Å². The van der Waals surface area contributed by atoms with Crippen molar-refractivity contribution >= 4 is 27.5 Å². The van der Waals surface area contributed by atoms with Crippen LogP contribution < -0.4 is 9.47 Å². The average molecular weight is 347 g/mol. The molecule has 0 atom stereocenters. The van der Waals surface area contributed by atoms with Crippen LogP contribution in [0.5, 0.6) is 11.5 Å². The summed E-state index contributed by atoms with van der Waals surface area (Å²) in [4.78, 5) is 0. The number of hydrogen-bond acceptors (Lipinski definition) is 4. The standard InChI is InChI=1S/C12H13BrClN3O2/c1-17-6-9(15-16-17)7-19-12-10(14)3-8(5-13)4-11(12)18-2/h3-4,6H,5,7H2,1-2H3. The Morgan fingerprint density at radius 2 is 2.21 bits per heavy atom. The minimum absolute atomic E-state index is 0.289. The van der Waals surface area contributed by atoms with Crippen LogP contribution in [-0.4, -0.2) is 22.1 Å². The van der Waals surface area contributed by atoms with Crippen LogP contribution in [0.25, 0.3) is 0 Å². The SMILES string of the molecule is COc1cc(CBr)cc(Cl)c1OCc1cn(C)nn1. The molecule has 102 valence electrons. The third-order valence-corrected chi connectivity index (χ3v) is 3.39. The fourth-order valence-corrected chi connectivity index (χ4v) is 2.21. The normalized spacial score (nSPS) is 10.5. The van der Waals surface area contributed by atoms with Crippen LogP contribution in [0.2, 0.25) is 5.02 Å². The fraction of sp³-hybridized carbons (Fsp3) is 0.333. The molecule has 19 heavy (non-hydrogen) atoms. The van der Waals surface area contributed by atoms with E-state index in [0.29, 0.717) is 21.9 Å². The Labute approximate surface area is 124 Å². The van der Waals surface area contributed by atoms with Gasteiger partial charge in [0.05, 0.1) is 18.3 Å². The molecule has 0 N–H and O–H groups in total. The number of aryl methyl sites for hydroxylation is 1. The van der Waals surface area contributed by atoms with E-state index in [1.165, 1.54) is 0 Å². The molecular formula is C12H13BrClN3O2. The minimum Gasteiger partial charge on any atom is -0.493 e. The van der Waals surface area contributed by atoms with E-state index in [1.54, 1.807) is 25.0 Å². The second-order valence-corrected chi connectivity index (χ2v) is 4.88. The molecule has 1 heterocycles. The molecule has 0 aliphatic heterocycles. The molecule has 0 fully saturated rings. The third kappa shape index (κ3) is 3.39. The van der Waals surface area contributed by atoms with Crippen molar-refractivity contribution in [3.63, 3.8) is 0 Å². The van der Waals surface area contributed by atoms with Crippen LogP contribution in [0.4, 0.5) is 0 Å². The number of alkyl halides is 1. The van der Waals surface area contributed by atoms with Gasteiger partial charge in [0.15, 0.2) is 11.5 Å². The van der Waals surface area contributed by atoms with Gasteiger partial charge in [-0.15, -0.1) is 5.10 Å². The number of halogens is 2. The van der Waals surface area contributed by atoms with Crippen molar-refractivity contribution in [2.45, 2.75) is 11.9 Å². The maximum Gasteiger partial charge on any atom is 0.180 e. The highest BCUT2D eigenvalue weighted by Crippen LogP contribution is 2.37. The summed E-state index contributed by atoms with van der Waals surface area (Å²) in [6.07, 6.45) is 1.78. The van der Waals surface area contributed by atoms with Crippen LogP contribution in [-0.2, 0) is 19.0 Å². The molecule has 2 aromatic rings. The fourth-order valence-electron chi connectivity index (χ4n) is 1.60. The van der Waals surface area contributed by atoms with Gasteiger partial charge < -0.3 is 9.47 Å². The van der Waals surface area contributed by atoms with Gasteiger partial charge in [-0.2, -0.15) is 0 Å². The predicted octanol–water partition coefficient (Wildman–Crippen LogP) is 2.95. The Kier molecular flexibility index (Phi) is 4.66. The lowest BCUT2D eigenvalue weighted by Crippen LogP contribution is -1.99. The third-order valence-electron chi connectivity index (χ3n) is 2.46. The van der Waals surface area contributed by atoms with Crippen LogP contribution in [0.15, 0.2) is 18.3 Å². The quantitative estimate of drug-likeness (QED) is 0.781. The topological polar surface area (TPSA) is 49.2 Å². The number of nitrogens with zero attached hydrogens (tertiary/aromatic N) is 3. The van der Waals surface area contributed by atoms with Gasteiger partial charge in [-0.3, -0.25) is 4.68 Å². The monoisotopic (exact) mass is 345 g/mol. The first kappa shape index (κ1) is 14.1. The average Bonchev–Trinajstić information content (AvgIpc) is 2.82. The Morgan fingerprint density at radius 1 is 1.42 bits per heavy atom. The number of methoxy groups -OCH3 is 1.